The van der Waals surface area contributed by atoms with E-state index in [4.69, 9.17) is 4.74 Å². The van der Waals surface area contributed by atoms with Crippen LogP contribution in [0, 0.1) is 5.92 Å². The predicted octanol–water partition coefficient (Wildman–Crippen LogP) is 2.15. The number of sulfonamides is 1. The molecule has 1 aliphatic rings. The molecule has 0 spiro atoms. The van der Waals surface area contributed by atoms with Gasteiger partial charge in [0.05, 0.1) is 18.8 Å². The van der Waals surface area contributed by atoms with Crippen molar-refractivity contribution in [1.29, 1.82) is 0 Å². The van der Waals surface area contributed by atoms with Gasteiger partial charge in [0, 0.05) is 19.6 Å². The van der Waals surface area contributed by atoms with Gasteiger partial charge >= 0.3 is 0 Å². The molecule has 0 aliphatic carbocycles. The first-order chi connectivity index (χ1) is 12.0. The molecule has 140 valence electrons. The minimum Gasteiger partial charge on any atom is -0.497 e. The van der Waals surface area contributed by atoms with Crippen molar-refractivity contribution in [3.63, 3.8) is 0 Å². The molecule has 0 aromatic heterocycles. The lowest BCUT2D eigenvalue weighted by atomic mass is 9.99. The number of ether oxygens (including phenoxy) is 1. The number of rotatable bonds is 8. The Morgan fingerprint density at radius 3 is 2.68 bits per heavy atom. The molecule has 0 radical (unpaired) electrons. The smallest absolute Gasteiger partial charge is 0.224 e. The molecule has 1 aromatic rings. The molecular weight excluding hydrogens is 340 g/mol. The van der Waals surface area contributed by atoms with Crippen molar-refractivity contribution in [2.75, 3.05) is 26.0 Å². The highest BCUT2D eigenvalue weighted by atomic mass is 32.2. The van der Waals surface area contributed by atoms with E-state index in [-0.39, 0.29) is 17.6 Å². The summed E-state index contributed by atoms with van der Waals surface area (Å²) in [5, 5.41) is 2.92. The Balaban J connectivity index is 1.88. The van der Waals surface area contributed by atoms with Gasteiger partial charge in [-0.05, 0) is 37.0 Å². The minimum atomic E-state index is -3.25. The monoisotopic (exact) mass is 368 g/mol. The predicted molar refractivity (Wildman–Crippen MR) is 97.8 cm³/mol. The highest BCUT2D eigenvalue weighted by molar-refractivity contribution is 7.89. The second-order valence-corrected chi connectivity index (χ2v) is 8.52. The zero-order valence-electron chi connectivity index (χ0n) is 15.0. The molecule has 0 unspecified atom stereocenters. The molecule has 1 atom stereocenters. The fourth-order valence-corrected chi connectivity index (χ4v) is 4.67. The van der Waals surface area contributed by atoms with Crippen LogP contribution in [-0.2, 0) is 21.4 Å². The first kappa shape index (κ1) is 19.7. The number of hydrogen-bond donors (Lipinski definition) is 1. The summed E-state index contributed by atoms with van der Waals surface area (Å²) in [6.07, 6.45) is 2.96. The quantitative estimate of drug-likeness (QED) is 0.763. The summed E-state index contributed by atoms with van der Waals surface area (Å²) in [7, 11) is -1.64. The average Bonchev–Trinajstić information content (AvgIpc) is 2.65. The molecule has 7 heteroatoms. The van der Waals surface area contributed by atoms with Crippen LogP contribution in [0.15, 0.2) is 24.3 Å². The van der Waals surface area contributed by atoms with Gasteiger partial charge in [-0.1, -0.05) is 25.5 Å². The number of benzene rings is 1. The lowest BCUT2D eigenvalue weighted by Crippen LogP contribution is -2.45. The molecule has 25 heavy (non-hydrogen) atoms. The molecule has 1 N–H and O–H groups in total. The average molecular weight is 368 g/mol. The standard InChI is InChI=1S/C18H28N2O4S/c1-3-4-12-25(22,23)20-11-5-6-16(14-20)18(21)19-13-15-7-9-17(24-2)10-8-15/h7-10,16H,3-6,11-14H2,1-2H3,(H,19,21)/t16-/m1/s1. The normalized spacial score (nSPS) is 18.7. The van der Waals surface area contributed by atoms with Crippen LogP contribution in [0.1, 0.15) is 38.2 Å². The molecule has 1 heterocycles. The van der Waals surface area contributed by atoms with E-state index in [9.17, 15) is 13.2 Å². The Bertz CT molecular complexity index is 658. The highest BCUT2D eigenvalue weighted by Gasteiger charge is 2.31. The van der Waals surface area contributed by atoms with Gasteiger partial charge in [0.2, 0.25) is 15.9 Å². The van der Waals surface area contributed by atoms with Crippen LogP contribution in [0.5, 0.6) is 5.75 Å². The molecule has 1 aromatic carbocycles. The highest BCUT2D eigenvalue weighted by Crippen LogP contribution is 2.20. The third kappa shape index (κ3) is 5.71. The molecule has 1 fully saturated rings. The van der Waals surface area contributed by atoms with Gasteiger partial charge in [-0.2, -0.15) is 0 Å². The number of carbonyl (C=O) groups is 1. The first-order valence-corrected chi connectivity index (χ1v) is 10.5. The fraction of sp³-hybridized carbons (Fsp3) is 0.611. The van der Waals surface area contributed by atoms with Gasteiger partial charge in [0.25, 0.3) is 0 Å². The van der Waals surface area contributed by atoms with E-state index in [2.05, 4.69) is 5.32 Å². The Morgan fingerprint density at radius 1 is 1.32 bits per heavy atom. The maximum absolute atomic E-state index is 12.4. The molecular formula is C18H28N2O4S. The largest absolute Gasteiger partial charge is 0.497 e. The van der Waals surface area contributed by atoms with Crippen molar-refractivity contribution >= 4 is 15.9 Å². The van der Waals surface area contributed by atoms with Crippen LogP contribution in [0.25, 0.3) is 0 Å². The zero-order chi connectivity index (χ0) is 18.3. The number of methoxy groups -OCH3 is 1. The van der Waals surface area contributed by atoms with Crippen molar-refractivity contribution in [2.45, 2.75) is 39.2 Å². The van der Waals surface area contributed by atoms with Crippen molar-refractivity contribution in [3.05, 3.63) is 29.8 Å². The van der Waals surface area contributed by atoms with Gasteiger partial charge in [-0.25, -0.2) is 12.7 Å². The maximum Gasteiger partial charge on any atom is 0.224 e. The summed E-state index contributed by atoms with van der Waals surface area (Å²) < 4.78 is 31.3. The SMILES string of the molecule is CCCCS(=O)(=O)N1CCC[C@@H](C(=O)NCc2ccc(OC)cc2)C1. The van der Waals surface area contributed by atoms with Crippen molar-refractivity contribution in [3.8, 4) is 5.75 Å². The molecule has 0 saturated carbocycles. The number of amides is 1. The Kier molecular flexibility index (Phi) is 7.25. The maximum atomic E-state index is 12.4. The molecule has 1 amide bonds. The summed E-state index contributed by atoms with van der Waals surface area (Å²) >= 11 is 0. The van der Waals surface area contributed by atoms with E-state index in [0.717, 1.165) is 30.6 Å². The van der Waals surface area contributed by atoms with Crippen LogP contribution in [0.3, 0.4) is 0 Å². The number of carbonyl (C=O) groups excluding carboxylic acids is 1. The summed E-state index contributed by atoms with van der Waals surface area (Å²) in [5.41, 5.74) is 0.984. The summed E-state index contributed by atoms with van der Waals surface area (Å²) in [5.74, 6) is 0.592. The molecule has 2 rings (SSSR count). The minimum absolute atomic E-state index is 0.0776. The van der Waals surface area contributed by atoms with Crippen LogP contribution in [0.4, 0.5) is 0 Å². The van der Waals surface area contributed by atoms with Gasteiger partial charge in [-0.15, -0.1) is 0 Å². The van der Waals surface area contributed by atoms with Crippen LogP contribution >= 0.6 is 0 Å². The number of nitrogens with zero attached hydrogens (tertiary/aromatic N) is 1. The van der Waals surface area contributed by atoms with Gasteiger partial charge in [0.15, 0.2) is 0 Å². The molecule has 1 saturated heterocycles. The van der Waals surface area contributed by atoms with Crippen LogP contribution in [0.2, 0.25) is 0 Å². The number of hydrogen-bond acceptors (Lipinski definition) is 4. The Labute approximate surface area is 150 Å². The number of piperidine rings is 1. The third-order valence-electron chi connectivity index (χ3n) is 4.53. The summed E-state index contributed by atoms with van der Waals surface area (Å²) in [4.78, 5) is 12.4. The number of nitrogens with one attached hydrogen (secondary N) is 1. The van der Waals surface area contributed by atoms with E-state index >= 15 is 0 Å². The van der Waals surface area contributed by atoms with Gasteiger partial charge in [0.1, 0.15) is 5.75 Å². The van der Waals surface area contributed by atoms with E-state index in [1.54, 1.807) is 7.11 Å². The van der Waals surface area contributed by atoms with Crippen molar-refractivity contribution < 1.29 is 17.9 Å². The van der Waals surface area contributed by atoms with Crippen molar-refractivity contribution in [2.24, 2.45) is 5.92 Å². The molecule has 6 nitrogen and oxygen atoms in total. The second-order valence-electron chi connectivity index (χ2n) is 6.43. The van der Waals surface area contributed by atoms with E-state index in [0.29, 0.717) is 26.1 Å². The summed E-state index contributed by atoms with van der Waals surface area (Å²) in [6, 6.07) is 7.51. The zero-order valence-corrected chi connectivity index (χ0v) is 15.8. The Hall–Kier alpha value is -1.60. The second kappa shape index (κ2) is 9.20. The number of unbranched alkanes of at least 4 members (excludes halogenated alkanes) is 1. The van der Waals surface area contributed by atoms with Gasteiger partial charge < -0.3 is 10.1 Å². The summed E-state index contributed by atoms with van der Waals surface area (Å²) in [6.45, 7) is 3.22. The van der Waals surface area contributed by atoms with Crippen LogP contribution in [-0.4, -0.2) is 44.6 Å². The van der Waals surface area contributed by atoms with Crippen molar-refractivity contribution in [1.82, 2.24) is 9.62 Å². The van der Waals surface area contributed by atoms with E-state index in [1.807, 2.05) is 31.2 Å². The third-order valence-corrected chi connectivity index (χ3v) is 6.45. The Morgan fingerprint density at radius 2 is 2.04 bits per heavy atom. The fourth-order valence-electron chi connectivity index (χ4n) is 2.94. The van der Waals surface area contributed by atoms with E-state index < -0.39 is 10.0 Å². The molecule has 0 bridgehead atoms. The molecule has 1 aliphatic heterocycles. The van der Waals surface area contributed by atoms with Gasteiger partial charge in [-0.3, -0.25) is 4.79 Å². The first-order valence-electron chi connectivity index (χ1n) is 8.84. The lowest BCUT2D eigenvalue weighted by Gasteiger charge is -2.31. The topological polar surface area (TPSA) is 75.7 Å². The lowest BCUT2D eigenvalue weighted by molar-refractivity contribution is -0.126. The van der Waals surface area contributed by atoms with Crippen LogP contribution < -0.4 is 10.1 Å². The van der Waals surface area contributed by atoms with E-state index in [1.165, 1.54) is 4.31 Å².